The molecule has 0 spiro atoms. The number of hydrogen-bond acceptors (Lipinski definition) is 3. The number of benzene rings is 2. The second kappa shape index (κ2) is 6.73. The molecule has 0 atom stereocenters. The first-order chi connectivity index (χ1) is 11.1. The van der Waals surface area contributed by atoms with Crippen LogP contribution in [0.3, 0.4) is 0 Å². The van der Waals surface area contributed by atoms with E-state index in [1.54, 1.807) is 12.1 Å². The van der Waals surface area contributed by atoms with Crippen LogP contribution in [-0.2, 0) is 0 Å². The highest BCUT2D eigenvalue weighted by molar-refractivity contribution is 6.74. The van der Waals surface area contributed by atoms with Gasteiger partial charge in [-0.1, -0.05) is 45.1 Å². The van der Waals surface area contributed by atoms with E-state index in [0.717, 1.165) is 16.9 Å². The molecule has 0 saturated heterocycles. The van der Waals surface area contributed by atoms with Crippen LogP contribution < -0.4 is 4.43 Å². The van der Waals surface area contributed by atoms with Crippen LogP contribution in [0, 0.1) is 0 Å². The number of rotatable bonds is 4. The van der Waals surface area contributed by atoms with Crippen LogP contribution in [0.1, 0.15) is 31.9 Å². The lowest BCUT2D eigenvalue weighted by atomic mass is 10.1. The molecule has 0 bridgehead atoms. The molecule has 0 unspecified atom stereocenters. The van der Waals surface area contributed by atoms with E-state index in [-0.39, 0.29) is 16.5 Å². The molecule has 0 aliphatic carbocycles. The van der Waals surface area contributed by atoms with Gasteiger partial charge in [-0.3, -0.25) is 0 Å². The summed E-state index contributed by atoms with van der Waals surface area (Å²) in [6, 6.07) is 12.5. The summed E-state index contributed by atoms with van der Waals surface area (Å²) < 4.78 is 6.26. The van der Waals surface area contributed by atoms with E-state index in [1.165, 1.54) is 6.07 Å². The number of phenolic OH excluding ortho intramolecular Hbond substituents is 2. The zero-order valence-electron chi connectivity index (χ0n) is 15.0. The van der Waals surface area contributed by atoms with Gasteiger partial charge in [0.15, 0.2) is 0 Å². The van der Waals surface area contributed by atoms with Crippen LogP contribution in [0.15, 0.2) is 42.5 Å². The minimum Gasteiger partial charge on any atom is -0.544 e. The minimum absolute atomic E-state index is 0.0489. The molecule has 0 aliphatic rings. The van der Waals surface area contributed by atoms with E-state index in [4.69, 9.17) is 4.43 Å². The Bertz CT molecular complexity index is 705. The van der Waals surface area contributed by atoms with Crippen molar-refractivity contribution < 1.29 is 14.6 Å². The highest BCUT2D eigenvalue weighted by atomic mass is 28.4. The molecule has 0 heterocycles. The van der Waals surface area contributed by atoms with Gasteiger partial charge in [0, 0.05) is 6.07 Å². The van der Waals surface area contributed by atoms with Gasteiger partial charge in [-0.15, -0.1) is 0 Å². The van der Waals surface area contributed by atoms with E-state index >= 15 is 0 Å². The minimum atomic E-state index is -1.82. The Morgan fingerprint density at radius 1 is 0.833 bits per heavy atom. The Kier molecular flexibility index (Phi) is 5.09. The first-order valence-corrected chi connectivity index (χ1v) is 11.0. The lowest BCUT2D eigenvalue weighted by Gasteiger charge is -2.36. The third kappa shape index (κ3) is 4.65. The molecule has 0 amide bonds. The highest BCUT2D eigenvalue weighted by Crippen LogP contribution is 2.37. The van der Waals surface area contributed by atoms with E-state index in [2.05, 4.69) is 33.9 Å². The Morgan fingerprint density at radius 3 is 1.83 bits per heavy atom. The van der Waals surface area contributed by atoms with Crippen molar-refractivity contribution in [1.82, 2.24) is 0 Å². The fourth-order valence-electron chi connectivity index (χ4n) is 2.00. The van der Waals surface area contributed by atoms with Crippen molar-refractivity contribution in [2.45, 2.75) is 38.9 Å². The average molecular weight is 343 g/mol. The Hall–Kier alpha value is -2.20. The van der Waals surface area contributed by atoms with Crippen LogP contribution in [0.4, 0.5) is 0 Å². The van der Waals surface area contributed by atoms with Gasteiger partial charge in [0.25, 0.3) is 0 Å². The van der Waals surface area contributed by atoms with Gasteiger partial charge in [0.1, 0.15) is 17.2 Å². The number of phenols is 2. The first kappa shape index (κ1) is 18.1. The third-order valence-electron chi connectivity index (χ3n) is 4.45. The molecule has 2 aromatic carbocycles. The smallest absolute Gasteiger partial charge is 0.250 e. The molecule has 0 aliphatic heterocycles. The summed E-state index contributed by atoms with van der Waals surface area (Å²) in [5.41, 5.74) is 1.77. The molecule has 2 aromatic rings. The van der Waals surface area contributed by atoms with Gasteiger partial charge in [0.05, 0.1) is 0 Å². The van der Waals surface area contributed by atoms with Crippen LogP contribution in [0.25, 0.3) is 12.2 Å². The van der Waals surface area contributed by atoms with Crippen LogP contribution in [0.2, 0.25) is 18.1 Å². The molecule has 4 heteroatoms. The Morgan fingerprint density at radius 2 is 1.33 bits per heavy atom. The molecule has 24 heavy (non-hydrogen) atoms. The number of hydrogen-bond donors (Lipinski definition) is 2. The van der Waals surface area contributed by atoms with Gasteiger partial charge >= 0.3 is 0 Å². The SMILES string of the molecule is CC(C)(C)[Si](C)(C)Oc1ccc(/C=C/c2cc(O)cc(O)c2)cc1. The fourth-order valence-corrected chi connectivity index (χ4v) is 3.03. The summed E-state index contributed by atoms with van der Waals surface area (Å²) in [5, 5.41) is 19.2. The molecular weight excluding hydrogens is 316 g/mol. The van der Waals surface area contributed by atoms with Gasteiger partial charge < -0.3 is 14.6 Å². The fraction of sp³-hybridized carbons (Fsp3) is 0.300. The predicted octanol–water partition coefficient (Wildman–Crippen LogP) is 5.65. The maximum atomic E-state index is 9.49. The van der Waals surface area contributed by atoms with Crippen LogP contribution >= 0.6 is 0 Å². The molecule has 0 radical (unpaired) electrons. The summed E-state index contributed by atoms with van der Waals surface area (Å²) >= 11 is 0. The Labute approximate surface area is 145 Å². The standard InChI is InChI=1S/C20H26O3Si/c1-20(2,3)24(4,5)23-19-10-8-15(9-11-19)6-7-16-12-17(21)14-18(22)13-16/h6-14,21-22H,1-5H3/b7-6+. The van der Waals surface area contributed by atoms with E-state index < -0.39 is 8.32 Å². The molecule has 0 saturated carbocycles. The van der Waals surface area contributed by atoms with E-state index in [9.17, 15) is 10.2 Å². The first-order valence-electron chi connectivity index (χ1n) is 8.07. The van der Waals surface area contributed by atoms with Crippen molar-refractivity contribution in [2.75, 3.05) is 0 Å². The zero-order valence-corrected chi connectivity index (χ0v) is 16.0. The van der Waals surface area contributed by atoms with Crippen molar-refractivity contribution in [3.05, 3.63) is 53.6 Å². The Balaban J connectivity index is 2.11. The summed E-state index contributed by atoms with van der Waals surface area (Å²) in [6.45, 7) is 11.1. The van der Waals surface area contributed by atoms with Crippen molar-refractivity contribution in [2.24, 2.45) is 0 Å². The molecular formula is C20H26O3Si. The highest BCUT2D eigenvalue weighted by Gasteiger charge is 2.38. The zero-order chi connectivity index (χ0) is 18.0. The van der Waals surface area contributed by atoms with E-state index in [1.807, 2.05) is 36.4 Å². The molecule has 128 valence electrons. The average Bonchev–Trinajstić information content (AvgIpc) is 2.44. The lowest BCUT2D eigenvalue weighted by Crippen LogP contribution is -2.43. The normalized spacial score (nSPS) is 12.5. The maximum absolute atomic E-state index is 9.49. The third-order valence-corrected chi connectivity index (χ3v) is 8.81. The molecule has 0 fully saturated rings. The van der Waals surface area contributed by atoms with Gasteiger partial charge in [-0.05, 0) is 53.5 Å². The second-order valence-electron chi connectivity index (χ2n) is 7.55. The van der Waals surface area contributed by atoms with Crippen molar-refractivity contribution in [1.29, 1.82) is 0 Å². The second-order valence-corrected chi connectivity index (χ2v) is 12.3. The topological polar surface area (TPSA) is 49.7 Å². The van der Waals surface area contributed by atoms with Crippen molar-refractivity contribution in [3.8, 4) is 17.2 Å². The molecule has 2 rings (SSSR count). The van der Waals surface area contributed by atoms with Crippen LogP contribution in [0.5, 0.6) is 17.2 Å². The quantitative estimate of drug-likeness (QED) is 0.557. The summed E-state index contributed by atoms with van der Waals surface area (Å²) in [5.74, 6) is 0.995. The van der Waals surface area contributed by atoms with Crippen LogP contribution in [-0.4, -0.2) is 18.5 Å². The largest absolute Gasteiger partial charge is 0.544 e. The summed E-state index contributed by atoms with van der Waals surface area (Å²) in [6.07, 6.45) is 3.79. The monoisotopic (exact) mass is 342 g/mol. The summed E-state index contributed by atoms with van der Waals surface area (Å²) in [4.78, 5) is 0. The van der Waals surface area contributed by atoms with Gasteiger partial charge in [-0.2, -0.15) is 0 Å². The van der Waals surface area contributed by atoms with Crippen molar-refractivity contribution >= 4 is 20.5 Å². The molecule has 2 N–H and O–H groups in total. The van der Waals surface area contributed by atoms with E-state index in [0.29, 0.717) is 0 Å². The predicted molar refractivity (Wildman–Crippen MR) is 103 cm³/mol. The number of aromatic hydroxyl groups is 2. The summed E-state index contributed by atoms with van der Waals surface area (Å²) in [7, 11) is -1.82. The van der Waals surface area contributed by atoms with Crippen molar-refractivity contribution in [3.63, 3.8) is 0 Å². The van der Waals surface area contributed by atoms with Gasteiger partial charge in [-0.25, -0.2) is 0 Å². The maximum Gasteiger partial charge on any atom is 0.250 e. The molecule has 3 nitrogen and oxygen atoms in total. The molecule has 0 aromatic heterocycles. The van der Waals surface area contributed by atoms with Gasteiger partial charge in [0.2, 0.25) is 8.32 Å². The lowest BCUT2D eigenvalue weighted by molar-refractivity contribution is 0.450.